The lowest BCUT2D eigenvalue weighted by Gasteiger charge is -2.09. The van der Waals surface area contributed by atoms with Crippen LogP contribution >= 0.6 is 35.0 Å². The van der Waals surface area contributed by atoms with Gasteiger partial charge in [-0.15, -0.1) is 11.8 Å². The number of halogens is 2. The van der Waals surface area contributed by atoms with Crippen LogP contribution < -0.4 is 10.6 Å². The third-order valence-electron chi connectivity index (χ3n) is 4.09. The lowest BCUT2D eigenvalue weighted by atomic mass is 10.1. The molecule has 0 aliphatic rings. The van der Waals surface area contributed by atoms with E-state index >= 15 is 0 Å². The molecule has 31 heavy (non-hydrogen) atoms. The fraction of sp³-hybridized carbons (Fsp3) is 0.0455. The van der Waals surface area contributed by atoms with Crippen LogP contribution in [0.2, 0.25) is 10.0 Å². The summed E-state index contributed by atoms with van der Waals surface area (Å²) in [6, 6.07) is 17.5. The quantitative estimate of drug-likeness (QED) is 0.383. The molecule has 0 bridgehead atoms. The van der Waals surface area contributed by atoms with Crippen LogP contribution in [0.1, 0.15) is 20.7 Å². The maximum absolute atomic E-state index is 12.4. The van der Waals surface area contributed by atoms with E-state index < -0.39 is 11.9 Å². The first-order valence-electron chi connectivity index (χ1n) is 8.95. The number of thioether (sulfide) groups is 1. The third kappa shape index (κ3) is 6.24. The number of carbonyl (C=O) groups is 3. The number of carboxylic acids is 1. The van der Waals surface area contributed by atoms with Crippen LogP contribution in [0.4, 0.5) is 11.4 Å². The first-order valence-corrected chi connectivity index (χ1v) is 10.7. The highest BCUT2D eigenvalue weighted by molar-refractivity contribution is 8.00. The molecular formula is C22H16Cl2N2O4S. The van der Waals surface area contributed by atoms with Gasteiger partial charge in [0.25, 0.3) is 5.91 Å². The highest BCUT2D eigenvalue weighted by Gasteiger charge is 2.13. The normalized spacial score (nSPS) is 10.4. The summed E-state index contributed by atoms with van der Waals surface area (Å²) in [5, 5.41) is 15.5. The average Bonchev–Trinajstić information content (AvgIpc) is 2.74. The lowest BCUT2D eigenvalue weighted by Crippen LogP contribution is -2.16. The highest BCUT2D eigenvalue weighted by Crippen LogP contribution is 2.29. The van der Waals surface area contributed by atoms with Crippen LogP contribution in [-0.4, -0.2) is 28.6 Å². The van der Waals surface area contributed by atoms with Crippen LogP contribution in [0.5, 0.6) is 0 Å². The van der Waals surface area contributed by atoms with Crippen LogP contribution in [-0.2, 0) is 4.79 Å². The smallest absolute Gasteiger partial charge is 0.337 e. The van der Waals surface area contributed by atoms with Gasteiger partial charge >= 0.3 is 5.97 Å². The average molecular weight is 475 g/mol. The minimum Gasteiger partial charge on any atom is -0.478 e. The second kappa shape index (κ2) is 10.3. The Hall–Kier alpha value is -3.00. The minimum atomic E-state index is -1.13. The molecule has 0 heterocycles. The topological polar surface area (TPSA) is 95.5 Å². The fourth-order valence-electron chi connectivity index (χ4n) is 2.61. The van der Waals surface area contributed by atoms with Gasteiger partial charge in [0.2, 0.25) is 5.91 Å². The van der Waals surface area contributed by atoms with Crippen molar-refractivity contribution in [1.82, 2.24) is 0 Å². The molecule has 0 unspecified atom stereocenters. The number of amides is 2. The molecule has 0 fully saturated rings. The second-order valence-corrected chi connectivity index (χ2v) is 8.15. The zero-order chi connectivity index (χ0) is 22.4. The molecule has 0 aromatic heterocycles. The van der Waals surface area contributed by atoms with Gasteiger partial charge in [0.1, 0.15) is 0 Å². The van der Waals surface area contributed by atoms with Crippen molar-refractivity contribution in [3.8, 4) is 0 Å². The van der Waals surface area contributed by atoms with Crippen molar-refractivity contribution >= 4 is 64.1 Å². The van der Waals surface area contributed by atoms with Gasteiger partial charge in [-0.25, -0.2) is 4.79 Å². The van der Waals surface area contributed by atoms with E-state index in [4.69, 9.17) is 23.2 Å². The van der Waals surface area contributed by atoms with Gasteiger partial charge in [0, 0.05) is 21.2 Å². The summed E-state index contributed by atoms with van der Waals surface area (Å²) < 4.78 is 0. The maximum Gasteiger partial charge on any atom is 0.337 e. The molecule has 0 aliphatic heterocycles. The zero-order valence-electron chi connectivity index (χ0n) is 15.9. The summed E-state index contributed by atoms with van der Waals surface area (Å²) in [5.41, 5.74) is 1.05. The van der Waals surface area contributed by atoms with E-state index in [1.165, 1.54) is 36.0 Å². The van der Waals surface area contributed by atoms with Crippen molar-refractivity contribution in [2.45, 2.75) is 4.90 Å². The van der Waals surface area contributed by atoms with E-state index in [2.05, 4.69) is 10.6 Å². The summed E-state index contributed by atoms with van der Waals surface area (Å²) in [6.07, 6.45) is 0. The summed E-state index contributed by atoms with van der Waals surface area (Å²) in [5.74, 6) is -1.68. The maximum atomic E-state index is 12.4. The van der Waals surface area contributed by atoms with Crippen molar-refractivity contribution in [3.05, 3.63) is 87.9 Å². The van der Waals surface area contributed by atoms with Crippen LogP contribution in [0, 0.1) is 0 Å². The first-order chi connectivity index (χ1) is 14.8. The molecule has 0 atom stereocenters. The van der Waals surface area contributed by atoms with Crippen molar-refractivity contribution in [1.29, 1.82) is 0 Å². The van der Waals surface area contributed by atoms with Crippen molar-refractivity contribution < 1.29 is 19.5 Å². The molecule has 3 aromatic carbocycles. The van der Waals surface area contributed by atoms with E-state index in [0.717, 1.165) is 4.90 Å². The molecular weight excluding hydrogens is 459 g/mol. The monoisotopic (exact) mass is 474 g/mol. The standard InChI is InChI=1S/C22H16Cl2N2O4S/c23-14-7-10-19(17(24)11-14)31-12-20(27)25-15-8-5-13(6-9-15)21(28)26-18-4-2-1-3-16(18)22(29)30/h1-11H,12H2,(H,25,27)(H,26,28)(H,29,30). The predicted octanol–water partition coefficient (Wildman–Crippen LogP) is 5.67. The van der Waals surface area contributed by atoms with Gasteiger partial charge in [0.15, 0.2) is 0 Å². The first kappa shape index (κ1) is 22.7. The van der Waals surface area contributed by atoms with Crippen LogP contribution in [0.15, 0.2) is 71.6 Å². The number of rotatable bonds is 7. The lowest BCUT2D eigenvalue weighted by molar-refractivity contribution is -0.113. The Morgan fingerprint density at radius 1 is 0.903 bits per heavy atom. The Morgan fingerprint density at radius 2 is 1.61 bits per heavy atom. The number of benzene rings is 3. The number of anilines is 2. The molecule has 6 nitrogen and oxygen atoms in total. The number of hydrogen-bond donors (Lipinski definition) is 3. The van der Waals surface area contributed by atoms with E-state index in [0.29, 0.717) is 21.3 Å². The molecule has 2 amide bonds. The number of nitrogens with one attached hydrogen (secondary N) is 2. The molecule has 0 aliphatic carbocycles. The Morgan fingerprint density at radius 3 is 2.29 bits per heavy atom. The molecule has 0 saturated heterocycles. The Bertz CT molecular complexity index is 1140. The van der Waals surface area contributed by atoms with Gasteiger partial charge in [0.05, 0.1) is 22.0 Å². The molecule has 3 N–H and O–H groups in total. The Kier molecular flexibility index (Phi) is 7.57. The summed E-state index contributed by atoms with van der Waals surface area (Å²) in [7, 11) is 0. The highest BCUT2D eigenvalue weighted by atomic mass is 35.5. The molecule has 158 valence electrons. The van der Waals surface area contributed by atoms with Crippen molar-refractivity contribution in [2.75, 3.05) is 16.4 Å². The van der Waals surface area contributed by atoms with E-state index in [9.17, 15) is 19.5 Å². The van der Waals surface area contributed by atoms with E-state index in [1.807, 2.05) is 0 Å². The van der Waals surface area contributed by atoms with Crippen LogP contribution in [0.3, 0.4) is 0 Å². The van der Waals surface area contributed by atoms with Gasteiger partial charge in [-0.2, -0.15) is 0 Å². The Balaban J connectivity index is 1.58. The number of hydrogen-bond acceptors (Lipinski definition) is 4. The number of para-hydroxylation sites is 1. The van der Waals surface area contributed by atoms with Gasteiger partial charge in [-0.3, -0.25) is 9.59 Å². The van der Waals surface area contributed by atoms with E-state index in [-0.39, 0.29) is 22.9 Å². The number of carbonyl (C=O) groups excluding carboxylic acids is 2. The van der Waals surface area contributed by atoms with Gasteiger partial charge in [-0.1, -0.05) is 35.3 Å². The Labute approximate surface area is 192 Å². The second-order valence-electron chi connectivity index (χ2n) is 6.29. The largest absolute Gasteiger partial charge is 0.478 e. The summed E-state index contributed by atoms with van der Waals surface area (Å²) >= 11 is 13.2. The number of aromatic carboxylic acids is 1. The molecule has 9 heteroatoms. The molecule has 0 spiro atoms. The van der Waals surface area contributed by atoms with Gasteiger partial charge < -0.3 is 15.7 Å². The van der Waals surface area contributed by atoms with Crippen LogP contribution in [0.25, 0.3) is 0 Å². The summed E-state index contributed by atoms with van der Waals surface area (Å²) in [4.78, 5) is 36.6. The molecule has 0 saturated carbocycles. The van der Waals surface area contributed by atoms with Crippen molar-refractivity contribution in [2.24, 2.45) is 0 Å². The van der Waals surface area contributed by atoms with E-state index in [1.54, 1.807) is 42.5 Å². The molecule has 3 aromatic rings. The number of carboxylic acid groups (broad SMARTS) is 1. The fourth-order valence-corrected chi connectivity index (χ4v) is 3.90. The predicted molar refractivity (Wildman–Crippen MR) is 124 cm³/mol. The van der Waals surface area contributed by atoms with Crippen molar-refractivity contribution in [3.63, 3.8) is 0 Å². The SMILES string of the molecule is O=C(CSc1ccc(Cl)cc1Cl)Nc1ccc(C(=O)Nc2ccccc2C(=O)O)cc1. The summed E-state index contributed by atoms with van der Waals surface area (Å²) in [6.45, 7) is 0. The van der Waals surface area contributed by atoms with Gasteiger partial charge in [-0.05, 0) is 54.6 Å². The third-order valence-corrected chi connectivity index (χ3v) is 5.82. The molecule has 3 rings (SSSR count). The minimum absolute atomic E-state index is 0.00183. The zero-order valence-corrected chi connectivity index (χ0v) is 18.2. The molecule has 0 radical (unpaired) electrons.